The van der Waals surface area contributed by atoms with E-state index in [0.29, 0.717) is 35.8 Å². The van der Waals surface area contributed by atoms with Crippen molar-refractivity contribution in [1.29, 1.82) is 0 Å². The molecule has 0 unspecified atom stereocenters. The number of hydrogen-bond acceptors (Lipinski definition) is 7. The van der Waals surface area contributed by atoms with Gasteiger partial charge in [-0.05, 0) is 75.6 Å². The molecule has 39 heavy (non-hydrogen) atoms. The summed E-state index contributed by atoms with van der Waals surface area (Å²) in [4.78, 5) is 49.4. The maximum absolute atomic E-state index is 13.6. The molecular formula is C29H30N4O6. The van der Waals surface area contributed by atoms with E-state index in [1.165, 1.54) is 10.5 Å². The number of fused-ring (bicyclic) bond motifs is 2. The van der Waals surface area contributed by atoms with Gasteiger partial charge >= 0.3 is 5.97 Å². The minimum atomic E-state index is -0.688. The number of pyridine rings is 2. The molecule has 1 aliphatic heterocycles. The molecule has 0 bridgehead atoms. The van der Waals surface area contributed by atoms with E-state index in [4.69, 9.17) is 19.2 Å². The van der Waals surface area contributed by atoms with Crippen molar-refractivity contribution < 1.29 is 23.8 Å². The number of nitrogens with zero attached hydrogens (tertiary/aromatic N) is 4. The Balaban J connectivity index is 1.81. The van der Waals surface area contributed by atoms with Crippen molar-refractivity contribution >= 4 is 28.6 Å². The molecule has 1 saturated heterocycles. The van der Waals surface area contributed by atoms with Crippen LogP contribution in [0.15, 0.2) is 58.4 Å². The number of benzene rings is 1. The number of carbonyl (C=O) groups is 2. The van der Waals surface area contributed by atoms with Gasteiger partial charge in [0.15, 0.2) is 5.49 Å². The number of aromatic nitrogens is 3. The first-order chi connectivity index (χ1) is 18.9. The molecule has 4 aromatic rings. The summed E-state index contributed by atoms with van der Waals surface area (Å²) < 4.78 is 19.8. The van der Waals surface area contributed by atoms with Crippen LogP contribution in [0, 0.1) is 6.92 Å². The normalized spacial score (nSPS) is 15.7. The summed E-state index contributed by atoms with van der Waals surface area (Å²) in [6.07, 6.45) is 3.12. The average Bonchev–Trinajstić information content (AvgIpc) is 3.44. The molecule has 1 aliphatic rings. The molecule has 0 aliphatic carbocycles. The molecule has 4 heterocycles. The Morgan fingerprint density at radius 2 is 1.92 bits per heavy atom. The number of carbonyl (C=O) groups excluding carboxylic acids is 2. The molecule has 0 spiro atoms. The Kier molecular flexibility index (Phi) is 7.56. The Bertz CT molecular complexity index is 1680. The van der Waals surface area contributed by atoms with Crippen LogP contribution in [0.2, 0.25) is 0 Å². The fourth-order valence-electron chi connectivity index (χ4n) is 4.75. The zero-order chi connectivity index (χ0) is 27.5. The van der Waals surface area contributed by atoms with Crippen LogP contribution in [0.25, 0.3) is 16.7 Å². The smallest absolute Gasteiger partial charge is 0.341 e. The predicted molar refractivity (Wildman–Crippen MR) is 144 cm³/mol. The first kappa shape index (κ1) is 26.3. The van der Waals surface area contributed by atoms with Crippen LogP contribution in [-0.2, 0) is 16.0 Å². The van der Waals surface area contributed by atoms with E-state index in [1.54, 1.807) is 48.0 Å². The van der Waals surface area contributed by atoms with Gasteiger partial charge in [0.05, 0.1) is 31.2 Å². The SMILES string of the molecule is CCOC(=O)c1cc2c(=O)n3cccc(C)c3nc2n(C[C@@H]2CCCO2)c1=NC(=O)c1ccc(OCC)cc1. The molecule has 0 saturated carbocycles. The van der Waals surface area contributed by atoms with Crippen LogP contribution >= 0.6 is 0 Å². The van der Waals surface area contributed by atoms with E-state index in [-0.39, 0.29) is 41.3 Å². The summed E-state index contributed by atoms with van der Waals surface area (Å²) >= 11 is 0. The third kappa shape index (κ3) is 5.20. The summed E-state index contributed by atoms with van der Waals surface area (Å²) in [5.74, 6) is -0.613. The van der Waals surface area contributed by atoms with Gasteiger partial charge < -0.3 is 18.8 Å². The number of hydrogen-bond donors (Lipinski definition) is 0. The van der Waals surface area contributed by atoms with E-state index < -0.39 is 11.9 Å². The number of amides is 1. The molecule has 1 fully saturated rings. The topological polar surface area (TPSA) is 113 Å². The molecule has 1 atom stereocenters. The first-order valence-corrected chi connectivity index (χ1v) is 13.1. The lowest BCUT2D eigenvalue weighted by Crippen LogP contribution is -2.35. The van der Waals surface area contributed by atoms with Crippen molar-refractivity contribution in [1.82, 2.24) is 14.0 Å². The van der Waals surface area contributed by atoms with Gasteiger partial charge in [-0.3, -0.25) is 14.0 Å². The highest BCUT2D eigenvalue weighted by molar-refractivity contribution is 5.97. The molecule has 1 amide bonds. The molecule has 5 rings (SSSR count). The predicted octanol–water partition coefficient (Wildman–Crippen LogP) is 3.45. The van der Waals surface area contributed by atoms with Crippen LogP contribution in [0.3, 0.4) is 0 Å². The summed E-state index contributed by atoms with van der Waals surface area (Å²) in [6, 6.07) is 11.7. The largest absolute Gasteiger partial charge is 0.494 e. The van der Waals surface area contributed by atoms with E-state index in [1.807, 2.05) is 19.9 Å². The van der Waals surface area contributed by atoms with Crippen molar-refractivity contribution in [2.24, 2.45) is 4.99 Å². The number of esters is 1. The number of rotatable bonds is 7. The summed E-state index contributed by atoms with van der Waals surface area (Å²) in [5, 5.41) is 0.214. The zero-order valence-corrected chi connectivity index (χ0v) is 22.2. The third-order valence-electron chi connectivity index (χ3n) is 6.63. The lowest BCUT2D eigenvalue weighted by atomic mass is 10.1. The lowest BCUT2D eigenvalue weighted by molar-refractivity contribution is 0.0521. The highest BCUT2D eigenvalue weighted by atomic mass is 16.5. The fraction of sp³-hybridized carbons (Fsp3) is 0.345. The van der Waals surface area contributed by atoms with Crippen molar-refractivity contribution in [3.63, 3.8) is 0 Å². The van der Waals surface area contributed by atoms with E-state index in [9.17, 15) is 14.4 Å². The highest BCUT2D eigenvalue weighted by Crippen LogP contribution is 2.19. The van der Waals surface area contributed by atoms with E-state index >= 15 is 0 Å². The van der Waals surface area contributed by atoms with Gasteiger partial charge in [0.1, 0.15) is 22.6 Å². The zero-order valence-electron chi connectivity index (χ0n) is 22.2. The van der Waals surface area contributed by atoms with Crippen molar-refractivity contribution in [3.8, 4) is 5.75 Å². The standard InChI is InChI=1S/C29H30N4O6/c1-4-37-20-12-10-19(11-13-20)27(34)31-26-23(29(36)38-5-2)16-22-25(33(26)17-21-9-7-15-39-21)30-24-18(3)8-6-14-32(24)28(22)35/h6,8,10-14,16,21H,4-5,7,9,15,17H2,1-3H3/t21-/m0/s1. The molecule has 202 valence electrons. The van der Waals surface area contributed by atoms with Crippen LogP contribution < -0.4 is 15.8 Å². The van der Waals surface area contributed by atoms with Gasteiger partial charge in [0.2, 0.25) is 0 Å². The highest BCUT2D eigenvalue weighted by Gasteiger charge is 2.24. The Hall–Kier alpha value is -4.31. The van der Waals surface area contributed by atoms with Gasteiger partial charge in [-0.15, -0.1) is 0 Å². The van der Waals surface area contributed by atoms with E-state index in [2.05, 4.69) is 4.99 Å². The Morgan fingerprint density at radius 1 is 1.13 bits per heavy atom. The quantitative estimate of drug-likeness (QED) is 0.266. The minimum absolute atomic E-state index is 0.00753. The van der Waals surface area contributed by atoms with Crippen LogP contribution in [-0.4, -0.2) is 51.8 Å². The summed E-state index contributed by atoms with van der Waals surface area (Å²) in [7, 11) is 0. The molecule has 3 aromatic heterocycles. The maximum atomic E-state index is 13.6. The van der Waals surface area contributed by atoms with E-state index in [0.717, 1.165) is 18.4 Å². The second-order valence-electron chi connectivity index (χ2n) is 9.26. The van der Waals surface area contributed by atoms with Crippen LogP contribution in [0.1, 0.15) is 53.0 Å². The molecule has 10 heteroatoms. The monoisotopic (exact) mass is 530 g/mol. The van der Waals surface area contributed by atoms with Gasteiger partial charge in [0, 0.05) is 18.4 Å². The molecule has 10 nitrogen and oxygen atoms in total. The molecule has 0 N–H and O–H groups in total. The minimum Gasteiger partial charge on any atom is -0.494 e. The fourth-order valence-corrected chi connectivity index (χ4v) is 4.75. The van der Waals surface area contributed by atoms with Gasteiger partial charge in [-0.25, -0.2) is 9.78 Å². The molecule has 0 radical (unpaired) electrons. The number of aryl methyl sites for hydroxylation is 1. The van der Waals surface area contributed by atoms with Crippen LogP contribution in [0.4, 0.5) is 0 Å². The third-order valence-corrected chi connectivity index (χ3v) is 6.63. The Morgan fingerprint density at radius 3 is 2.62 bits per heavy atom. The lowest BCUT2D eigenvalue weighted by Gasteiger charge is -2.18. The van der Waals surface area contributed by atoms with Crippen molar-refractivity contribution in [2.75, 3.05) is 19.8 Å². The first-order valence-electron chi connectivity index (χ1n) is 13.1. The van der Waals surface area contributed by atoms with Gasteiger partial charge in [0.25, 0.3) is 11.5 Å². The maximum Gasteiger partial charge on any atom is 0.341 e. The molecular weight excluding hydrogens is 500 g/mol. The average molecular weight is 531 g/mol. The summed E-state index contributed by atoms with van der Waals surface area (Å²) in [6.45, 7) is 6.91. The van der Waals surface area contributed by atoms with Crippen molar-refractivity contribution in [2.45, 2.75) is 46.3 Å². The Labute approximate surface area is 224 Å². The van der Waals surface area contributed by atoms with Gasteiger partial charge in [-0.1, -0.05) is 6.07 Å². The van der Waals surface area contributed by atoms with Crippen molar-refractivity contribution in [3.05, 3.63) is 81.2 Å². The van der Waals surface area contributed by atoms with Crippen LogP contribution in [0.5, 0.6) is 5.75 Å². The van der Waals surface area contributed by atoms with Gasteiger partial charge in [-0.2, -0.15) is 4.99 Å². The number of ether oxygens (including phenoxy) is 3. The summed E-state index contributed by atoms with van der Waals surface area (Å²) in [5.41, 5.74) is 1.65. The second-order valence-corrected chi connectivity index (χ2v) is 9.26. The second kappa shape index (κ2) is 11.2. The molecule has 1 aromatic carbocycles.